The van der Waals surface area contributed by atoms with E-state index in [0.717, 1.165) is 11.3 Å². The minimum Gasteiger partial charge on any atom is -0.494 e. The quantitative estimate of drug-likeness (QED) is 0.931. The topological polar surface area (TPSA) is 32.7 Å². The lowest BCUT2D eigenvalue weighted by Gasteiger charge is -2.16. The van der Waals surface area contributed by atoms with E-state index >= 15 is 0 Å². The molecule has 0 aliphatic rings. The standard InChI is InChI=1S/C16H18FNO2/c1-18(2)13-7-4-11(5-8-13)16(19)12-6-9-15(20-3)14(17)10-12/h4-10,16,19H,1-3H3. The Morgan fingerprint density at radius 2 is 1.65 bits per heavy atom. The molecular formula is C16H18FNO2. The Labute approximate surface area is 118 Å². The van der Waals surface area contributed by atoms with Crippen LogP contribution in [0.2, 0.25) is 0 Å². The molecule has 0 aliphatic carbocycles. The molecule has 0 aliphatic heterocycles. The summed E-state index contributed by atoms with van der Waals surface area (Å²) in [6.45, 7) is 0. The molecule has 0 bridgehead atoms. The Hall–Kier alpha value is -2.07. The molecule has 0 saturated heterocycles. The van der Waals surface area contributed by atoms with Crippen molar-refractivity contribution in [2.45, 2.75) is 6.10 Å². The summed E-state index contributed by atoms with van der Waals surface area (Å²) in [6, 6.07) is 12.0. The summed E-state index contributed by atoms with van der Waals surface area (Å²) in [6.07, 6.45) is -0.855. The van der Waals surface area contributed by atoms with Gasteiger partial charge in [-0.2, -0.15) is 0 Å². The number of ether oxygens (including phenoxy) is 1. The molecule has 4 heteroatoms. The number of anilines is 1. The van der Waals surface area contributed by atoms with Crippen molar-refractivity contribution >= 4 is 5.69 Å². The molecule has 0 spiro atoms. The van der Waals surface area contributed by atoms with Gasteiger partial charge >= 0.3 is 0 Å². The molecular weight excluding hydrogens is 257 g/mol. The lowest BCUT2D eigenvalue weighted by atomic mass is 10.0. The lowest BCUT2D eigenvalue weighted by molar-refractivity contribution is 0.219. The highest BCUT2D eigenvalue weighted by atomic mass is 19.1. The van der Waals surface area contributed by atoms with Crippen molar-refractivity contribution in [2.75, 3.05) is 26.1 Å². The van der Waals surface area contributed by atoms with E-state index in [-0.39, 0.29) is 5.75 Å². The summed E-state index contributed by atoms with van der Waals surface area (Å²) in [5, 5.41) is 10.3. The molecule has 1 N–H and O–H groups in total. The van der Waals surface area contributed by atoms with Gasteiger partial charge in [0.1, 0.15) is 6.10 Å². The number of hydrogen-bond donors (Lipinski definition) is 1. The van der Waals surface area contributed by atoms with Crippen molar-refractivity contribution in [3.63, 3.8) is 0 Å². The van der Waals surface area contributed by atoms with Gasteiger partial charge in [-0.25, -0.2) is 4.39 Å². The van der Waals surface area contributed by atoms with Gasteiger partial charge in [0, 0.05) is 19.8 Å². The molecule has 1 unspecified atom stereocenters. The SMILES string of the molecule is COc1ccc(C(O)c2ccc(N(C)C)cc2)cc1F. The Morgan fingerprint density at radius 3 is 2.15 bits per heavy atom. The Morgan fingerprint density at radius 1 is 1.05 bits per heavy atom. The van der Waals surface area contributed by atoms with Crippen molar-refractivity contribution in [1.82, 2.24) is 0 Å². The van der Waals surface area contributed by atoms with Gasteiger partial charge in [-0.1, -0.05) is 18.2 Å². The van der Waals surface area contributed by atoms with E-state index in [9.17, 15) is 9.50 Å². The maximum absolute atomic E-state index is 13.7. The second-order valence-corrected chi connectivity index (χ2v) is 4.78. The van der Waals surface area contributed by atoms with Crippen LogP contribution >= 0.6 is 0 Å². The molecule has 0 radical (unpaired) electrons. The first-order valence-electron chi connectivity index (χ1n) is 6.31. The van der Waals surface area contributed by atoms with Crippen LogP contribution in [0, 0.1) is 5.82 Å². The van der Waals surface area contributed by atoms with Crippen LogP contribution in [-0.4, -0.2) is 26.3 Å². The molecule has 106 valence electrons. The number of methoxy groups -OCH3 is 1. The second-order valence-electron chi connectivity index (χ2n) is 4.78. The maximum atomic E-state index is 13.7. The molecule has 2 rings (SSSR count). The van der Waals surface area contributed by atoms with Crippen molar-refractivity contribution in [3.05, 3.63) is 59.4 Å². The van der Waals surface area contributed by atoms with Crippen molar-refractivity contribution < 1.29 is 14.2 Å². The molecule has 3 nitrogen and oxygen atoms in total. The zero-order chi connectivity index (χ0) is 14.7. The van der Waals surface area contributed by atoms with E-state index < -0.39 is 11.9 Å². The van der Waals surface area contributed by atoms with Crippen molar-refractivity contribution in [3.8, 4) is 5.75 Å². The minimum absolute atomic E-state index is 0.170. The van der Waals surface area contributed by atoms with Crippen LogP contribution in [0.3, 0.4) is 0 Å². The minimum atomic E-state index is -0.855. The number of rotatable bonds is 4. The van der Waals surface area contributed by atoms with E-state index in [1.54, 1.807) is 6.07 Å². The van der Waals surface area contributed by atoms with Crippen LogP contribution in [0.1, 0.15) is 17.2 Å². The van der Waals surface area contributed by atoms with Gasteiger partial charge < -0.3 is 14.7 Å². The molecule has 2 aromatic carbocycles. The Kier molecular flexibility index (Phi) is 4.25. The highest BCUT2D eigenvalue weighted by molar-refractivity contribution is 5.47. The van der Waals surface area contributed by atoms with Crippen LogP contribution in [0.25, 0.3) is 0 Å². The largest absolute Gasteiger partial charge is 0.494 e. The third-order valence-corrected chi connectivity index (χ3v) is 3.22. The first-order chi connectivity index (χ1) is 9.52. The zero-order valence-corrected chi connectivity index (χ0v) is 11.8. The predicted octanol–water partition coefficient (Wildman–Crippen LogP) is 2.98. The van der Waals surface area contributed by atoms with Crippen LogP contribution in [0.4, 0.5) is 10.1 Å². The Balaban J connectivity index is 2.26. The summed E-state index contributed by atoms with van der Waals surface area (Å²) in [4.78, 5) is 1.98. The Bertz CT molecular complexity index is 582. The number of nitrogens with zero attached hydrogens (tertiary/aromatic N) is 1. The first-order valence-corrected chi connectivity index (χ1v) is 6.31. The number of benzene rings is 2. The number of hydrogen-bond acceptors (Lipinski definition) is 3. The van der Waals surface area contributed by atoms with Gasteiger partial charge in [0.05, 0.1) is 7.11 Å². The van der Waals surface area contributed by atoms with E-state index in [2.05, 4.69) is 0 Å². The smallest absolute Gasteiger partial charge is 0.165 e. The van der Waals surface area contributed by atoms with Gasteiger partial charge in [-0.15, -0.1) is 0 Å². The number of halogens is 1. The van der Waals surface area contributed by atoms with E-state index in [1.165, 1.54) is 19.2 Å². The molecule has 0 saturated carbocycles. The van der Waals surface area contributed by atoms with E-state index in [1.807, 2.05) is 43.3 Å². The van der Waals surface area contributed by atoms with Gasteiger partial charge in [0.15, 0.2) is 11.6 Å². The summed E-state index contributed by atoms with van der Waals surface area (Å²) in [5.74, 6) is -0.308. The van der Waals surface area contributed by atoms with Gasteiger partial charge in [-0.3, -0.25) is 0 Å². The lowest BCUT2D eigenvalue weighted by Crippen LogP contribution is -2.08. The molecule has 0 aromatic heterocycles. The molecule has 20 heavy (non-hydrogen) atoms. The summed E-state index contributed by atoms with van der Waals surface area (Å²) in [5.41, 5.74) is 2.27. The van der Waals surface area contributed by atoms with Crippen molar-refractivity contribution in [2.24, 2.45) is 0 Å². The van der Waals surface area contributed by atoms with Crippen LogP contribution < -0.4 is 9.64 Å². The normalized spacial score (nSPS) is 12.1. The van der Waals surface area contributed by atoms with Gasteiger partial charge in [-0.05, 0) is 35.4 Å². The fourth-order valence-corrected chi connectivity index (χ4v) is 2.00. The summed E-state index contributed by atoms with van der Waals surface area (Å²) < 4.78 is 18.5. The fraction of sp³-hybridized carbons (Fsp3) is 0.250. The van der Waals surface area contributed by atoms with E-state index in [0.29, 0.717) is 5.56 Å². The highest BCUT2D eigenvalue weighted by Crippen LogP contribution is 2.27. The number of aliphatic hydroxyl groups excluding tert-OH is 1. The van der Waals surface area contributed by atoms with Crippen LogP contribution in [-0.2, 0) is 0 Å². The molecule has 0 fully saturated rings. The second kappa shape index (κ2) is 5.92. The highest BCUT2D eigenvalue weighted by Gasteiger charge is 2.13. The fourth-order valence-electron chi connectivity index (χ4n) is 2.00. The maximum Gasteiger partial charge on any atom is 0.165 e. The molecule has 0 amide bonds. The molecule has 2 aromatic rings. The average Bonchev–Trinajstić information content (AvgIpc) is 2.46. The predicted molar refractivity (Wildman–Crippen MR) is 77.8 cm³/mol. The molecule has 0 heterocycles. The third kappa shape index (κ3) is 2.91. The molecule has 1 atom stereocenters. The van der Waals surface area contributed by atoms with Crippen LogP contribution in [0.5, 0.6) is 5.75 Å². The zero-order valence-electron chi connectivity index (χ0n) is 11.8. The summed E-state index contributed by atoms with van der Waals surface area (Å²) in [7, 11) is 5.31. The third-order valence-electron chi connectivity index (χ3n) is 3.22. The van der Waals surface area contributed by atoms with E-state index in [4.69, 9.17) is 4.74 Å². The summed E-state index contributed by atoms with van der Waals surface area (Å²) >= 11 is 0. The average molecular weight is 275 g/mol. The van der Waals surface area contributed by atoms with Gasteiger partial charge in [0.25, 0.3) is 0 Å². The first kappa shape index (κ1) is 14.3. The monoisotopic (exact) mass is 275 g/mol. The van der Waals surface area contributed by atoms with Crippen molar-refractivity contribution in [1.29, 1.82) is 0 Å². The van der Waals surface area contributed by atoms with Crippen LogP contribution in [0.15, 0.2) is 42.5 Å². The number of aliphatic hydroxyl groups is 1. The van der Waals surface area contributed by atoms with Gasteiger partial charge in [0.2, 0.25) is 0 Å².